The first-order valence-corrected chi connectivity index (χ1v) is 6.49. The molecule has 0 unspecified atom stereocenters. The van der Waals surface area contributed by atoms with Crippen LogP contribution in [0, 0.1) is 0 Å². The number of benzene rings is 1. The Labute approximate surface area is 109 Å². The Hall–Kier alpha value is -1.55. The summed E-state index contributed by atoms with van der Waals surface area (Å²) in [7, 11) is 1.85. The molecule has 18 heavy (non-hydrogen) atoms. The predicted molar refractivity (Wildman–Crippen MR) is 73.2 cm³/mol. The van der Waals surface area contributed by atoms with E-state index in [1.54, 1.807) is 12.1 Å². The number of rotatable bonds is 7. The van der Waals surface area contributed by atoms with Crippen molar-refractivity contribution < 1.29 is 14.4 Å². The number of esters is 1. The van der Waals surface area contributed by atoms with Crippen molar-refractivity contribution in [1.82, 2.24) is 0 Å². The second kappa shape index (κ2) is 7.71. The molecule has 0 aliphatic heterocycles. The lowest BCUT2D eigenvalue weighted by atomic mass is 10.2. The summed E-state index contributed by atoms with van der Waals surface area (Å²) < 4.78 is 5.26. The van der Waals surface area contributed by atoms with Gasteiger partial charge in [-0.2, -0.15) is 0 Å². The van der Waals surface area contributed by atoms with Gasteiger partial charge in [-0.3, -0.25) is 0 Å². The zero-order valence-electron chi connectivity index (χ0n) is 11.5. The highest BCUT2D eigenvalue weighted by atomic mass is 16.5. The van der Waals surface area contributed by atoms with Crippen molar-refractivity contribution in [3.8, 4) is 0 Å². The maximum Gasteiger partial charge on any atom is 0.338 e. The van der Waals surface area contributed by atoms with Crippen molar-refractivity contribution in [1.29, 1.82) is 0 Å². The number of hydrogen-bond donors (Lipinski definition) is 2. The fourth-order valence-corrected chi connectivity index (χ4v) is 1.75. The number of hydrogen-bond acceptors (Lipinski definition) is 3. The first-order valence-electron chi connectivity index (χ1n) is 6.49. The number of ether oxygens (including phenoxy) is 1. The quantitative estimate of drug-likeness (QED) is 0.705. The van der Waals surface area contributed by atoms with Crippen molar-refractivity contribution >= 4 is 11.7 Å². The van der Waals surface area contributed by atoms with Crippen molar-refractivity contribution in [2.45, 2.75) is 13.8 Å². The zero-order chi connectivity index (χ0) is 13.4. The van der Waals surface area contributed by atoms with Crippen LogP contribution >= 0.6 is 0 Å². The van der Waals surface area contributed by atoms with Crippen LogP contribution in [0.1, 0.15) is 24.2 Å². The lowest BCUT2D eigenvalue weighted by molar-refractivity contribution is -0.896. The molecule has 0 atom stereocenters. The van der Waals surface area contributed by atoms with Gasteiger partial charge in [-0.1, -0.05) is 0 Å². The van der Waals surface area contributed by atoms with E-state index in [0.717, 1.165) is 25.3 Å². The molecule has 0 saturated carbocycles. The van der Waals surface area contributed by atoms with Gasteiger partial charge < -0.3 is 15.0 Å². The van der Waals surface area contributed by atoms with Crippen LogP contribution in [0.15, 0.2) is 24.3 Å². The summed E-state index contributed by atoms with van der Waals surface area (Å²) in [4.78, 5) is 13.2. The zero-order valence-corrected chi connectivity index (χ0v) is 11.5. The van der Waals surface area contributed by atoms with Gasteiger partial charge in [0.05, 0.1) is 18.7 Å². The van der Waals surface area contributed by atoms with Gasteiger partial charge in [0.15, 0.2) is 0 Å². The Morgan fingerprint density at radius 2 is 1.83 bits per heavy atom. The molecule has 0 fully saturated rings. The van der Waals surface area contributed by atoms with Gasteiger partial charge in [-0.25, -0.2) is 4.79 Å². The number of likely N-dealkylation sites (N-methyl/N-ethyl adjacent to an activating group) is 1. The normalized spacial score (nSPS) is 10.4. The molecule has 0 aliphatic rings. The summed E-state index contributed by atoms with van der Waals surface area (Å²) in [6.07, 6.45) is 0. The molecule has 1 aromatic rings. The minimum absolute atomic E-state index is 0.246. The summed E-state index contributed by atoms with van der Waals surface area (Å²) in [6.45, 7) is 7.74. The minimum Gasteiger partial charge on any atom is -0.456 e. The Bertz CT molecular complexity index is 359. The van der Waals surface area contributed by atoms with Crippen LogP contribution < -0.4 is 10.2 Å². The van der Waals surface area contributed by atoms with Gasteiger partial charge in [0.2, 0.25) is 0 Å². The molecular weight excluding hydrogens is 228 g/mol. The molecule has 1 rings (SSSR count). The molecule has 0 spiro atoms. The third kappa shape index (κ3) is 4.37. The molecule has 0 aromatic heterocycles. The van der Waals surface area contributed by atoms with Gasteiger partial charge in [-0.15, -0.1) is 0 Å². The van der Waals surface area contributed by atoms with E-state index >= 15 is 0 Å². The van der Waals surface area contributed by atoms with Crippen molar-refractivity contribution in [3.63, 3.8) is 0 Å². The Balaban J connectivity index is 2.40. The number of quaternary nitrogens is 1. The first-order chi connectivity index (χ1) is 8.71. The second-order valence-corrected chi connectivity index (χ2v) is 4.17. The lowest BCUT2D eigenvalue weighted by Crippen LogP contribution is -3.11. The van der Waals surface area contributed by atoms with Crippen LogP contribution in [0.2, 0.25) is 0 Å². The molecule has 0 heterocycles. The maximum absolute atomic E-state index is 11.8. The summed E-state index contributed by atoms with van der Waals surface area (Å²) in [5.74, 6) is -0.246. The molecule has 0 saturated heterocycles. The number of carbonyl (C=O) groups excluding carboxylic acids is 1. The average molecular weight is 251 g/mol. The molecule has 2 N–H and O–H groups in total. The summed E-state index contributed by atoms with van der Waals surface area (Å²) in [6, 6.07) is 7.29. The smallest absolute Gasteiger partial charge is 0.338 e. The van der Waals surface area contributed by atoms with Crippen LogP contribution in [-0.4, -0.2) is 39.3 Å². The predicted octanol–water partition coefficient (Wildman–Crippen LogP) is 0.810. The van der Waals surface area contributed by atoms with E-state index in [9.17, 15) is 4.79 Å². The molecular formula is C14H23N2O2+. The molecule has 4 heteroatoms. The highest BCUT2D eigenvalue weighted by Crippen LogP contribution is 2.09. The molecule has 1 aromatic carbocycles. The Morgan fingerprint density at radius 1 is 1.22 bits per heavy atom. The SMILES string of the molecule is CC[NH+](CC)CCOC(=O)c1ccc(NC)cc1. The van der Waals surface area contributed by atoms with Crippen molar-refractivity contribution in [3.05, 3.63) is 29.8 Å². The van der Waals surface area contributed by atoms with Crippen molar-refractivity contribution in [2.24, 2.45) is 0 Å². The van der Waals surface area contributed by atoms with Gasteiger partial charge >= 0.3 is 5.97 Å². The standard InChI is InChI=1S/C14H22N2O2/c1-4-16(5-2)10-11-18-14(17)12-6-8-13(15-3)9-7-12/h6-9,15H,4-5,10-11H2,1-3H3/p+1. The van der Waals surface area contributed by atoms with Gasteiger partial charge in [0.25, 0.3) is 0 Å². The van der Waals surface area contributed by atoms with Crippen LogP contribution in [0.4, 0.5) is 5.69 Å². The highest BCUT2D eigenvalue weighted by Gasteiger charge is 2.08. The molecule has 0 bridgehead atoms. The van der Waals surface area contributed by atoms with E-state index in [-0.39, 0.29) is 5.97 Å². The number of carbonyl (C=O) groups is 1. The summed E-state index contributed by atoms with van der Waals surface area (Å²) in [5.41, 5.74) is 1.59. The molecule has 100 valence electrons. The third-order valence-electron chi connectivity index (χ3n) is 3.10. The largest absolute Gasteiger partial charge is 0.456 e. The average Bonchev–Trinajstić information content (AvgIpc) is 2.43. The van der Waals surface area contributed by atoms with Crippen LogP contribution in [0.3, 0.4) is 0 Å². The second-order valence-electron chi connectivity index (χ2n) is 4.17. The molecule has 0 radical (unpaired) electrons. The monoisotopic (exact) mass is 251 g/mol. The highest BCUT2D eigenvalue weighted by molar-refractivity contribution is 5.89. The minimum atomic E-state index is -0.246. The summed E-state index contributed by atoms with van der Waals surface area (Å²) >= 11 is 0. The van der Waals surface area contributed by atoms with Crippen LogP contribution in [-0.2, 0) is 4.74 Å². The molecule has 0 amide bonds. The Kier molecular flexibility index (Phi) is 6.22. The van der Waals surface area contributed by atoms with Crippen LogP contribution in [0.5, 0.6) is 0 Å². The fraction of sp³-hybridized carbons (Fsp3) is 0.500. The van der Waals surface area contributed by atoms with E-state index in [4.69, 9.17) is 4.74 Å². The number of anilines is 1. The summed E-state index contributed by atoms with van der Waals surface area (Å²) in [5, 5.41) is 3.01. The van der Waals surface area contributed by atoms with Crippen LogP contribution in [0.25, 0.3) is 0 Å². The maximum atomic E-state index is 11.8. The van der Waals surface area contributed by atoms with Gasteiger partial charge in [0.1, 0.15) is 13.2 Å². The topological polar surface area (TPSA) is 42.8 Å². The van der Waals surface area contributed by atoms with E-state index in [2.05, 4.69) is 19.2 Å². The number of nitrogens with one attached hydrogen (secondary N) is 2. The van der Waals surface area contributed by atoms with Crippen molar-refractivity contribution in [2.75, 3.05) is 38.6 Å². The molecule has 4 nitrogen and oxygen atoms in total. The van der Waals surface area contributed by atoms with E-state index in [1.165, 1.54) is 4.90 Å². The van der Waals surface area contributed by atoms with E-state index in [1.807, 2.05) is 19.2 Å². The lowest BCUT2D eigenvalue weighted by Gasteiger charge is -2.15. The van der Waals surface area contributed by atoms with Gasteiger partial charge in [0, 0.05) is 12.7 Å². The fourth-order valence-electron chi connectivity index (χ4n) is 1.75. The van der Waals surface area contributed by atoms with E-state index in [0.29, 0.717) is 12.2 Å². The molecule has 0 aliphatic carbocycles. The third-order valence-corrected chi connectivity index (χ3v) is 3.10. The van der Waals surface area contributed by atoms with E-state index < -0.39 is 0 Å². The Morgan fingerprint density at radius 3 is 2.33 bits per heavy atom. The van der Waals surface area contributed by atoms with Gasteiger partial charge in [-0.05, 0) is 38.1 Å². The first kappa shape index (κ1) is 14.5.